The predicted molar refractivity (Wildman–Crippen MR) is 62.2 cm³/mol. The maximum Gasteiger partial charge on any atom is 0.374 e. The SMILES string of the molecule is COC(=O)C(=O)CC(=O)c1ccc(Cl)c(C)c1. The Balaban J connectivity index is 2.80. The van der Waals surface area contributed by atoms with Gasteiger partial charge in [0.25, 0.3) is 0 Å². The Morgan fingerprint density at radius 2 is 1.94 bits per heavy atom. The van der Waals surface area contributed by atoms with Crippen LogP contribution in [-0.2, 0) is 14.3 Å². The third kappa shape index (κ3) is 3.39. The van der Waals surface area contributed by atoms with Crippen LogP contribution in [0.3, 0.4) is 0 Å². The maximum absolute atomic E-state index is 11.7. The van der Waals surface area contributed by atoms with Crippen molar-refractivity contribution in [1.29, 1.82) is 0 Å². The maximum atomic E-state index is 11.7. The molecule has 17 heavy (non-hydrogen) atoms. The number of carbonyl (C=O) groups is 3. The van der Waals surface area contributed by atoms with Crippen LogP contribution in [0.15, 0.2) is 18.2 Å². The third-order valence-corrected chi connectivity index (χ3v) is 2.64. The van der Waals surface area contributed by atoms with Gasteiger partial charge in [0.05, 0.1) is 13.5 Å². The number of carbonyl (C=O) groups excluding carboxylic acids is 3. The highest BCUT2D eigenvalue weighted by atomic mass is 35.5. The van der Waals surface area contributed by atoms with E-state index >= 15 is 0 Å². The fraction of sp³-hybridized carbons (Fsp3) is 0.250. The lowest BCUT2D eigenvalue weighted by molar-refractivity contribution is -0.151. The molecule has 0 aliphatic carbocycles. The molecule has 0 aliphatic rings. The summed E-state index contributed by atoms with van der Waals surface area (Å²) in [4.78, 5) is 33.7. The Morgan fingerprint density at radius 1 is 1.29 bits per heavy atom. The number of hydrogen-bond acceptors (Lipinski definition) is 4. The van der Waals surface area contributed by atoms with Gasteiger partial charge in [-0.2, -0.15) is 0 Å². The minimum absolute atomic E-state index is 0.351. The summed E-state index contributed by atoms with van der Waals surface area (Å²) in [5, 5.41) is 0.542. The van der Waals surface area contributed by atoms with E-state index in [0.29, 0.717) is 10.6 Å². The fourth-order valence-corrected chi connectivity index (χ4v) is 1.37. The van der Waals surface area contributed by atoms with Crippen molar-refractivity contribution in [2.45, 2.75) is 13.3 Å². The Morgan fingerprint density at radius 3 is 2.47 bits per heavy atom. The van der Waals surface area contributed by atoms with Gasteiger partial charge in [0, 0.05) is 10.6 Å². The van der Waals surface area contributed by atoms with Crippen LogP contribution in [0.25, 0.3) is 0 Å². The molecule has 0 aliphatic heterocycles. The zero-order chi connectivity index (χ0) is 13.0. The average Bonchev–Trinajstić information content (AvgIpc) is 2.31. The monoisotopic (exact) mass is 254 g/mol. The number of ether oxygens (including phenoxy) is 1. The highest BCUT2D eigenvalue weighted by Crippen LogP contribution is 2.17. The van der Waals surface area contributed by atoms with Gasteiger partial charge in [0.2, 0.25) is 5.78 Å². The normalized spacial score (nSPS) is 9.82. The number of esters is 1. The van der Waals surface area contributed by atoms with Gasteiger partial charge in [-0.25, -0.2) is 4.79 Å². The number of methoxy groups -OCH3 is 1. The third-order valence-electron chi connectivity index (χ3n) is 2.21. The highest BCUT2D eigenvalue weighted by Gasteiger charge is 2.19. The molecular formula is C12H11ClO4. The quantitative estimate of drug-likeness (QED) is 0.357. The number of Topliss-reactive ketones (excluding diaryl/α,β-unsaturated/α-hetero) is 2. The molecule has 0 radical (unpaired) electrons. The van der Waals surface area contributed by atoms with Crippen molar-refractivity contribution in [2.75, 3.05) is 7.11 Å². The Labute approximate surface area is 104 Å². The molecule has 0 heterocycles. The molecule has 1 aromatic rings. The Bertz CT molecular complexity index is 479. The zero-order valence-electron chi connectivity index (χ0n) is 9.45. The molecule has 0 spiro atoms. The minimum Gasteiger partial charge on any atom is -0.463 e. The van der Waals surface area contributed by atoms with Crippen molar-refractivity contribution in [1.82, 2.24) is 0 Å². The van der Waals surface area contributed by atoms with Crippen LogP contribution in [0.2, 0.25) is 5.02 Å². The fourth-order valence-electron chi connectivity index (χ4n) is 1.25. The topological polar surface area (TPSA) is 60.4 Å². The van der Waals surface area contributed by atoms with Crippen LogP contribution in [0.4, 0.5) is 0 Å². The lowest BCUT2D eigenvalue weighted by Gasteiger charge is -2.02. The van der Waals surface area contributed by atoms with Gasteiger partial charge in [-0.1, -0.05) is 11.6 Å². The molecule has 0 saturated heterocycles. The van der Waals surface area contributed by atoms with Crippen LogP contribution in [0.5, 0.6) is 0 Å². The van der Waals surface area contributed by atoms with Gasteiger partial charge in [-0.3, -0.25) is 9.59 Å². The van der Waals surface area contributed by atoms with Gasteiger partial charge in [0.15, 0.2) is 5.78 Å². The summed E-state index contributed by atoms with van der Waals surface area (Å²) in [6.07, 6.45) is -0.492. The van der Waals surface area contributed by atoms with E-state index in [0.717, 1.165) is 12.7 Å². The van der Waals surface area contributed by atoms with Gasteiger partial charge in [-0.05, 0) is 30.7 Å². The molecule has 0 unspecified atom stereocenters. The van der Waals surface area contributed by atoms with Gasteiger partial charge >= 0.3 is 5.97 Å². The summed E-state index contributed by atoms with van der Waals surface area (Å²) in [5.74, 6) is -2.30. The van der Waals surface area contributed by atoms with E-state index < -0.39 is 24.0 Å². The van der Waals surface area contributed by atoms with E-state index in [4.69, 9.17) is 11.6 Å². The smallest absolute Gasteiger partial charge is 0.374 e. The average molecular weight is 255 g/mol. The summed E-state index contributed by atoms with van der Waals surface area (Å²) < 4.78 is 4.23. The van der Waals surface area contributed by atoms with Crippen LogP contribution in [-0.4, -0.2) is 24.6 Å². The number of ketones is 2. The van der Waals surface area contributed by atoms with E-state index in [1.165, 1.54) is 6.07 Å². The molecule has 1 rings (SSSR count). The molecule has 0 saturated carbocycles. The number of aryl methyl sites for hydroxylation is 1. The second-order valence-corrected chi connectivity index (χ2v) is 3.89. The first kappa shape index (κ1) is 13.4. The number of halogens is 1. The van der Waals surface area contributed by atoms with Crippen LogP contribution in [0, 0.1) is 6.92 Å². The molecule has 4 nitrogen and oxygen atoms in total. The summed E-state index contributed by atoms with van der Waals surface area (Å²) >= 11 is 5.81. The van der Waals surface area contributed by atoms with E-state index in [2.05, 4.69) is 4.74 Å². The summed E-state index contributed by atoms with van der Waals surface area (Å²) in [7, 11) is 1.09. The highest BCUT2D eigenvalue weighted by molar-refractivity contribution is 6.38. The predicted octanol–water partition coefficient (Wildman–Crippen LogP) is 1.96. The molecule has 0 bridgehead atoms. The minimum atomic E-state index is -1.01. The molecule has 1 aromatic carbocycles. The van der Waals surface area contributed by atoms with Gasteiger partial charge < -0.3 is 4.74 Å². The van der Waals surface area contributed by atoms with Gasteiger partial charge in [0.1, 0.15) is 0 Å². The summed E-state index contributed by atoms with van der Waals surface area (Å²) in [6.45, 7) is 1.75. The largest absolute Gasteiger partial charge is 0.463 e. The molecule has 0 N–H and O–H groups in total. The van der Waals surface area contributed by atoms with Crippen molar-refractivity contribution in [3.8, 4) is 0 Å². The molecule has 0 fully saturated rings. The first-order valence-electron chi connectivity index (χ1n) is 4.86. The van der Waals surface area contributed by atoms with Crippen molar-refractivity contribution in [2.24, 2.45) is 0 Å². The molecule has 90 valence electrons. The van der Waals surface area contributed by atoms with Crippen LogP contribution < -0.4 is 0 Å². The van der Waals surface area contributed by atoms with Gasteiger partial charge in [-0.15, -0.1) is 0 Å². The summed E-state index contributed by atoms with van der Waals surface area (Å²) in [5.41, 5.74) is 1.09. The number of hydrogen-bond donors (Lipinski definition) is 0. The number of rotatable bonds is 4. The zero-order valence-corrected chi connectivity index (χ0v) is 10.2. The van der Waals surface area contributed by atoms with E-state index in [9.17, 15) is 14.4 Å². The van der Waals surface area contributed by atoms with E-state index in [1.54, 1.807) is 19.1 Å². The summed E-state index contributed by atoms with van der Waals surface area (Å²) in [6, 6.07) is 4.67. The Kier molecular flexibility index (Phi) is 4.40. The van der Waals surface area contributed by atoms with E-state index in [1.807, 2.05) is 0 Å². The second kappa shape index (κ2) is 5.59. The molecule has 0 aromatic heterocycles. The van der Waals surface area contributed by atoms with Crippen LogP contribution in [0.1, 0.15) is 22.3 Å². The lowest BCUT2D eigenvalue weighted by Crippen LogP contribution is -2.19. The first-order valence-corrected chi connectivity index (χ1v) is 5.24. The standard InChI is InChI=1S/C12H11ClO4/c1-7-5-8(3-4-9(7)13)10(14)6-11(15)12(16)17-2/h3-5H,6H2,1-2H3. The molecule has 5 heteroatoms. The van der Waals surface area contributed by atoms with Crippen molar-refractivity contribution in [3.63, 3.8) is 0 Å². The molecular weight excluding hydrogens is 244 g/mol. The lowest BCUT2D eigenvalue weighted by atomic mass is 10.0. The molecule has 0 amide bonds. The van der Waals surface area contributed by atoms with Crippen LogP contribution >= 0.6 is 11.6 Å². The Hall–Kier alpha value is -1.68. The van der Waals surface area contributed by atoms with Crippen molar-refractivity contribution >= 4 is 29.1 Å². The first-order chi connectivity index (χ1) is 7.95. The molecule has 0 atom stereocenters. The van der Waals surface area contributed by atoms with Crippen molar-refractivity contribution < 1.29 is 19.1 Å². The van der Waals surface area contributed by atoms with Crippen molar-refractivity contribution in [3.05, 3.63) is 34.3 Å². The van der Waals surface area contributed by atoms with E-state index in [-0.39, 0.29) is 0 Å². The number of benzene rings is 1. The second-order valence-electron chi connectivity index (χ2n) is 3.48.